The molecule has 0 aliphatic rings. The van der Waals surface area contributed by atoms with Crippen LogP contribution in [0.1, 0.15) is 26.3 Å². The van der Waals surface area contributed by atoms with Gasteiger partial charge in [-0.25, -0.2) is 10.2 Å². The van der Waals surface area contributed by atoms with Crippen molar-refractivity contribution in [1.82, 2.24) is 5.43 Å². The Labute approximate surface area is 210 Å². The Morgan fingerprint density at radius 1 is 1.06 bits per heavy atom. The summed E-state index contributed by atoms with van der Waals surface area (Å²) >= 11 is 9.20. The fraction of sp³-hybridized carbons (Fsp3) is 0.0800. The van der Waals surface area contributed by atoms with Crippen molar-refractivity contribution >= 4 is 45.6 Å². The van der Waals surface area contributed by atoms with Crippen LogP contribution in [0.2, 0.25) is 5.02 Å². The minimum atomic E-state index is -0.549. The van der Waals surface area contributed by atoms with E-state index in [1.54, 1.807) is 66.7 Å². The number of nitrogens with zero attached hydrogens (tertiary/aromatic N) is 1. The van der Waals surface area contributed by atoms with E-state index >= 15 is 0 Å². The lowest BCUT2D eigenvalue weighted by atomic mass is 10.2. The zero-order valence-corrected chi connectivity index (χ0v) is 20.4. The number of amides is 1. The fourth-order valence-electron chi connectivity index (χ4n) is 2.77. The lowest BCUT2D eigenvalue weighted by Gasteiger charge is -2.10. The summed E-state index contributed by atoms with van der Waals surface area (Å²) < 4.78 is 17.0. The molecule has 0 fully saturated rings. The maximum atomic E-state index is 12.6. The molecule has 3 aromatic rings. The largest absolute Gasteiger partial charge is 0.493 e. The normalized spacial score (nSPS) is 10.6. The molecule has 0 spiro atoms. The lowest BCUT2D eigenvalue weighted by molar-refractivity contribution is 0.0729. The number of hydrazone groups is 1. The molecule has 3 rings (SSSR count). The molecule has 1 amide bonds. The Morgan fingerprint density at radius 2 is 1.79 bits per heavy atom. The lowest BCUT2D eigenvalue weighted by Crippen LogP contribution is -2.19. The number of hydrogen-bond donors (Lipinski definition) is 1. The Bertz CT molecular complexity index is 1230. The fourth-order valence-corrected chi connectivity index (χ4v) is 3.26. The maximum absolute atomic E-state index is 12.6. The van der Waals surface area contributed by atoms with Crippen molar-refractivity contribution < 1.29 is 23.8 Å². The minimum absolute atomic E-state index is 0.238. The van der Waals surface area contributed by atoms with Crippen molar-refractivity contribution in [2.75, 3.05) is 13.7 Å². The standard InChI is InChI=1S/C25H20BrClN2O5/c1-3-12-33-21-11-7-18(26)14-20(21)24(30)29-28-15-16-4-10-22(23(13-16)32-2)34-25(31)17-5-8-19(27)9-6-17/h3-11,13-15H,1,12H2,2H3,(H,29,30)/b28-15-. The predicted octanol–water partition coefficient (Wildman–Crippen LogP) is 5.66. The zero-order valence-electron chi connectivity index (χ0n) is 18.1. The molecule has 0 heterocycles. The topological polar surface area (TPSA) is 86.2 Å². The van der Waals surface area contributed by atoms with Crippen LogP contribution in [0, 0.1) is 0 Å². The number of halogens is 2. The molecule has 1 N–H and O–H groups in total. The van der Waals surface area contributed by atoms with Gasteiger partial charge in [-0.2, -0.15) is 5.10 Å². The van der Waals surface area contributed by atoms with Crippen LogP contribution in [-0.4, -0.2) is 31.8 Å². The van der Waals surface area contributed by atoms with Crippen LogP contribution in [0.25, 0.3) is 0 Å². The maximum Gasteiger partial charge on any atom is 0.343 e. The first-order valence-corrected chi connectivity index (χ1v) is 11.1. The van der Waals surface area contributed by atoms with Gasteiger partial charge in [-0.15, -0.1) is 0 Å². The van der Waals surface area contributed by atoms with Crippen molar-refractivity contribution in [2.24, 2.45) is 5.10 Å². The SMILES string of the molecule is C=CCOc1ccc(Br)cc1C(=O)N/N=C\c1ccc(OC(=O)c2ccc(Cl)cc2)c(OC)c1. The van der Waals surface area contributed by atoms with Gasteiger partial charge in [-0.05, 0) is 66.2 Å². The van der Waals surface area contributed by atoms with Gasteiger partial charge in [0.05, 0.1) is 24.5 Å². The third-order valence-corrected chi connectivity index (χ3v) is 5.14. The molecule has 34 heavy (non-hydrogen) atoms. The van der Waals surface area contributed by atoms with E-state index in [1.807, 2.05) is 0 Å². The third kappa shape index (κ3) is 6.69. The van der Waals surface area contributed by atoms with Gasteiger partial charge in [0.1, 0.15) is 12.4 Å². The number of hydrogen-bond acceptors (Lipinski definition) is 6. The average Bonchev–Trinajstić information content (AvgIpc) is 2.84. The number of carbonyl (C=O) groups excluding carboxylic acids is 2. The molecule has 174 valence electrons. The Balaban J connectivity index is 1.69. The molecule has 0 saturated carbocycles. The quantitative estimate of drug-likeness (QED) is 0.124. The molecule has 0 radical (unpaired) electrons. The summed E-state index contributed by atoms with van der Waals surface area (Å²) in [5, 5.41) is 4.52. The predicted molar refractivity (Wildman–Crippen MR) is 134 cm³/mol. The van der Waals surface area contributed by atoms with E-state index in [-0.39, 0.29) is 12.4 Å². The van der Waals surface area contributed by atoms with Gasteiger partial charge in [0.15, 0.2) is 11.5 Å². The molecule has 0 saturated heterocycles. The van der Waals surface area contributed by atoms with Gasteiger partial charge < -0.3 is 14.2 Å². The third-order valence-electron chi connectivity index (χ3n) is 4.39. The minimum Gasteiger partial charge on any atom is -0.493 e. The summed E-state index contributed by atoms with van der Waals surface area (Å²) in [5.74, 6) is -0.0277. The molecule has 0 aliphatic heterocycles. The van der Waals surface area contributed by atoms with Crippen molar-refractivity contribution in [3.8, 4) is 17.2 Å². The average molecular weight is 544 g/mol. The highest BCUT2D eigenvalue weighted by Crippen LogP contribution is 2.28. The molecule has 0 unspecified atom stereocenters. The first kappa shape index (κ1) is 25.0. The van der Waals surface area contributed by atoms with E-state index in [1.165, 1.54) is 13.3 Å². The number of nitrogens with one attached hydrogen (secondary N) is 1. The van der Waals surface area contributed by atoms with Gasteiger partial charge >= 0.3 is 5.97 Å². The Morgan fingerprint density at radius 3 is 2.50 bits per heavy atom. The summed E-state index contributed by atoms with van der Waals surface area (Å²) in [6.07, 6.45) is 3.03. The second-order valence-corrected chi connectivity index (χ2v) is 8.10. The van der Waals surface area contributed by atoms with Crippen molar-refractivity contribution in [3.05, 3.63) is 99.5 Å². The van der Waals surface area contributed by atoms with Crippen LogP contribution in [-0.2, 0) is 0 Å². The van der Waals surface area contributed by atoms with Crippen molar-refractivity contribution in [3.63, 3.8) is 0 Å². The smallest absolute Gasteiger partial charge is 0.343 e. The summed E-state index contributed by atoms with van der Waals surface area (Å²) in [6, 6.07) is 16.3. The number of esters is 1. The molecule has 0 atom stereocenters. The number of rotatable bonds is 9. The van der Waals surface area contributed by atoms with Gasteiger partial charge in [-0.1, -0.05) is 40.2 Å². The van der Waals surface area contributed by atoms with Crippen LogP contribution in [0.5, 0.6) is 17.2 Å². The number of benzene rings is 3. The second kappa shape index (κ2) is 12.0. The molecule has 3 aromatic carbocycles. The van der Waals surface area contributed by atoms with E-state index in [4.69, 9.17) is 25.8 Å². The van der Waals surface area contributed by atoms with E-state index in [9.17, 15) is 9.59 Å². The molecule has 9 heteroatoms. The molecule has 7 nitrogen and oxygen atoms in total. The first-order chi connectivity index (χ1) is 16.4. The molecule has 0 bridgehead atoms. The molecule has 0 aromatic heterocycles. The highest BCUT2D eigenvalue weighted by Gasteiger charge is 2.14. The van der Waals surface area contributed by atoms with Crippen LogP contribution < -0.4 is 19.6 Å². The zero-order chi connectivity index (χ0) is 24.5. The summed E-state index contributed by atoms with van der Waals surface area (Å²) in [5.41, 5.74) is 3.75. The van der Waals surface area contributed by atoms with E-state index < -0.39 is 11.9 Å². The Kier molecular flexibility index (Phi) is 8.84. The molecule has 0 aliphatic carbocycles. The number of carbonyl (C=O) groups is 2. The van der Waals surface area contributed by atoms with Gasteiger partial charge in [-0.3, -0.25) is 4.79 Å². The van der Waals surface area contributed by atoms with Crippen LogP contribution in [0.15, 0.2) is 82.9 Å². The highest BCUT2D eigenvalue weighted by molar-refractivity contribution is 9.10. The summed E-state index contributed by atoms with van der Waals surface area (Å²) in [4.78, 5) is 24.9. The van der Waals surface area contributed by atoms with Gasteiger partial charge in [0.25, 0.3) is 5.91 Å². The van der Waals surface area contributed by atoms with E-state index in [0.717, 1.165) is 4.47 Å². The first-order valence-electron chi connectivity index (χ1n) is 9.93. The summed E-state index contributed by atoms with van der Waals surface area (Å²) in [6.45, 7) is 3.87. The van der Waals surface area contributed by atoms with Crippen molar-refractivity contribution in [2.45, 2.75) is 0 Å². The van der Waals surface area contributed by atoms with Crippen LogP contribution in [0.4, 0.5) is 0 Å². The second-order valence-electron chi connectivity index (χ2n) is 6.75. The number of ether oxygens (including phenoxy) is 3. The van der Waals surface area contributed by atoms with E-state index in [0.29, 0.717) is 33.2 Å². The van der Waals surface area contributed by atoms with Gasteiger partial charge in [0, 0.05) is 9.50 Å². The van der Waals surface area contributed by atoms with Gasteiger partial charge in [0.2, 0.25) is 0 Å². The monoisotopic (exact) mass is 542 g/mol. The molecular weight excluding hydrogens is 524 g/mol. The van der Waals surface area contributed by atoms with Crippen molar-refractivity contribution in [1.29, 1.82) is 0 Å². The van der Waals surface area contributed by atoms with E-state index in [2.05, 4.69) is 33.0 Å². The van der Waals surface area contributed by atoms with Crippen LogP contribution in [0.3, 0.4) is 0 Å². The van der Waals surface area contributed by atoms with Crippen LogP contribution >= 0.6 is 27.5 Å². The highest BCUT2D eigenvalue weighted by atomic mass is 79.9. The molecular formula is C25H20BrClN2O5. The Hall–Kier alpha value is -3.62. The summed E-state index contributed by atoms with van der Waals surface area (Å²) in [7, 11) is 1.45. The number of methoxy groups -OCH3 is 1.